The summed E-state index contributed by atoms with van der Waals surface area (Å²) >= 11 is 0. The number of rotatable bonds is 5. The van der Waals surface area contributed by atoms with Crippen molar-refractivity contribution in [2.45, 2.75) is 72.3 Å². The molecule has 0 amide bonds. The van der Waals surface area contributed by atoms with Gasteiger partial charge in [-0.1, -0.05) is 6.92 Å². The third-order valence-electron chi connectivity index (χ3n) is 6.92. The number of hydrogen-bond acceptors (Lipinski definition) is 6. The first-order chi connectivity index (χ1) is 12.1. The van der Waals surface area contributed by atoms with E-state index in [0.717, 1.165) is 0 Å². The Morgan fingerprint density at radius 1 is 1.23 bits per heavy atom. The van der Waals surface area contributed by atoms with Crippen LogP contribution in [-0.2, 0) is 23.9 Å². The van der Waals surface area contributed by atoms with E-state index in [4.69, 9.17) is 9.47 Å². The minimum atomic E-state index is -1.19. The van der Waals surface area contributed by atoms with Crippen LogP contribution in [0.4, 0.5) is 0 Å². The van der Waals surface area contributed by atoms with Gasteiger partial charge in [0.05, 0.1) is 6.61 Å². The van der Waals surface area contributed by atoms with Crippen molar-refractivity contribution in [2.24, 2.45) is 22.7 Å². The van der Waals surface area contributed by atoms with Crippen LogP contribution < -0.4 is 0 Å². The first-order valence-corrected chi connectivity index (χ1v) is 9.57. The van der Waals surface area contributed by atoms with Crippen LogP contribution in [0.5, 0.6) is 0 Å². The maximum absolute atomic E-state index is 12.8. The van der Waals surface area contributed by atoms with Crippen molar-refractivity contribution >= 4 is 17.7 Å². The zero-order valence-corrected chi connectivity index (χ0v) is 16.6. The number of Topliss-reactive ketones (excluding diaryl/α,β-unsaturated/α-hetero) is 1. The maximum Gasteiger partial charge on any atom is 0.319 e. The minimum Gasteiger partial charge on any atom is -0.465 e. The average Bonchev–Trinajstić information content (AvgIpc) is 2.54. The molecule has 2 aliphatic carbocycles. The summed E-state index contributed by atoms with van der Waals surface area (Å²) < 4.78 is 11.0. The highest BCUT2D eigenvalue weighted by molar-refractivity contribution is 6.04. The molecule has 5 atom stereocenters. The Kier molecular flexibility index (Phi) is 5.86. The van der Waals surface area contributed by atoms with Crippen molar-refractivity contribution in [3.63, 3.8) is 0 Å². The molecule has 1 N–H and O–H groups in total. The Bertz CT molecular complexity index is 587. The highest BCUT2D eigenvalue weighted by Crippen LogP contribution is 2.62. The van der Waals surface area contributed by atoms with E-state index < -0.39 is 22.4 Å². The van der Waals surface area contributed by atoms with E-state index in [2.05, 4.69) is 6.92 Å². The lowest BCUT2D eigenvalue weighted by molar-refractivity contribution is -0.208. The Hall–Kier alpha value is -1.43. The smallest absolute Gasteiger partial charge is 0.319 e. The Morgan fingerprint density at radius 3 is 2.42 bits per heavy atom. The quantitative estimate of drug-likeness (QED) is 0.593. The van der Waals surface area contributed by atoms with Crippen LogP contribution >= 0.6 is 0 Å². The summed E-state index contributed by atoms with van der Waals surface area (Å²) in [6, 6.07) is 0. The van der Waals surface area contributed by atoms with Gasteiger partial charge in [-0.2, -0.15) is 0 Å². The third kappa shape index (κ3) is 3.17. The lowest BCUT2D eigenvalue weighted by atomic mass is 9.44. The maximum atomic E-state index is 12.8. The number of carbonyl (C=O) groups excluding carboxylic acids is 3. The molecule has 2 aliphatic rings. The lowest BCUT2D eigenvalue weighted by Gasteiger charge is -2.60. The van der Waals surface area contributed by atoms with Gasteiger partial charge >= 0.3 is 11.9 Å². The van der Waals surface area contributed by atoms with E-state index in [1.54, 1.807) is 13.8 Å². The molecule has 0 aromatic carbocycles. The van der Waals surface area contributed by atoms with Gasteiger partial charge in [-0.05, 0) is 57.8 Å². The summed E-state index contributed by atoms with van der Waals surface area (Å²) in [7, 11) is 0. The van der Waals surface area contributed by atoms with E-state index in [-0.39, 0.29) is 36.8 Å². The first-order valence-electron chi connectivity index (χ1n) is 9.57. The number of ketones is 1. The predicted molar refractivity (Wildman–Crippen MR) is 95.2 cm³/mol. The van der Waals surface area contributed by atoms with Gasteiger partial charge in [0.1, 0.15) is 16.8 Å². The van der Waals surface area contributed by atoms with Crippen LogP contribution in [0.3, 0.4) is 0 Å². The first kappa shape index (κ1) is 20.9. The highest BCUT2D eigenvalue weighted by Gasteiger charge is 2.65. The summed E-state index contributed by atoms with van der Waals surface area (Å²) in [4.78, 5) is 37.2. The van der Waals surface area contributed by atoms with Gasteiger partial charge in [0.2, 0.25) is 0 Å². The number of aliphatic hydroxyl groups is 1. The van der Waals surface area contributed by atoms with E-state index in [1.807, 2.05) is 6.92 Å². The monoisotopic (exact) mass is 368 g/mol. The van der Waals surface area contributed by atoms with E-state index in [9.17, 15) is 19.5 Å². The second-order valence-corrected chi connectivity index (χ2v) is 8.41. The van der Waals surface area contributed by atoms with Crippen molar-refractivity contribution in [1.29, 1.82) is 0 Å². The van der Waals surface area contributed by atoms with E-state index in [0.29, 0.717) is 32.1 Å². The fraction of sp³-hybridized carbons (Fsp3) is 0.850. The van der Waals surface area contributed by atoms with Crippen LogP contribution in [0.2, 0.25) is 0 Å². The molecular formula is C20H32O6. The van der Waals surface area contributed by atoms with Crippen molar-refractivity contribution in [3.8, 4) is 0 Å². The van der Waals surface area contributed by atoms with Gasteiger partial charge in [0.25, 0.3) is 0 Å². The summed E-state index contributed by atoms with van der Waals surface area (Å²) in [5.74, 6) is -1.21. The fourth-order valence-corrected chi connectivity index (χ4v) is 5.76. The van der Waals surface area contributed by atoms with Gasteiger partial charge in [0.15, 0.2) is 0 Å². The zero-order valence-electron chi connectivity index (χ0n) is 16.6. The zero-order chi connectivity index (χ0) is 19.8. The van der Waals surface area contributed by atoms with Crippen molar-refractivity contribution in [3.05, 3.63) is 0 Å². The fourth-order valence-electron chi connectivity index (χ4n) is 5.76. The molecule has 148 valence electrons. The van der Waals surface area contributed by atoms with Crippen molar-refractivity contribution in [1.82, 2.24) is 0 Å². The van der Waals surface area contributed by atoms with Crippen molar-refractivity contribution < 1.29 is 29.0 Å². The largest absolute Gasteiger partial charge is 0.465 e. The Balaban J connectivity index is 2.49. The number of aliphatic hydroxyl groups excluding tert-OH is 1. The number of fused-ring (bicyclic) bond motifs is 1. The molecule has 0 heterocycles. The molecule has 2 rings (SSSR count). The van der Waals surface area contributed by atoms with Gasteiger partial charge in [-0.3, -0.25) is 14.4 Å². The van der Waals surface area contributed by atoms with Crippen LogP contribution in [0.25, 0.3) is 0 Å². The second-order valence-electron chi connectivity index (χ2n) is 8.41. The van der Waals surface area contributed by atoms with Gasteiger partial charge in [-0.25, -0.2) is 0 Å². The molecular weight excluding hydrogens is 336 g/mol. The topological polar surface area (TPSA) is 89.9 Å². The minimum absolute atomic E-state index is 0.0338. The summed E-state index contributed by atoms with van der Waals surface area (Å²) in [6.07, 6.45) is 2.53. The average molecular weight is 368 g/mol. The summed E-state index contributed by atoms with van der Waals surface area (Å²) in [6.45, 7) is 9.02. The van der Waals surface area contributed by atoms with Crippen LogP contribution in [0, 0.1) is 22.7 Å². The number of esters is 2. The standard InChI is InChI=1S/C20H32O6/c1-6-25-17(24)20(5)15-7-11-19(4,26-13(2)22)14(9-12-21)18(15,3)10-8-16(20)23/h14-15,21H,6-12H2,1-5H3/t14-,15-,18-,19-,20-/m1/s1. The molecule has 0 aliphatic heterocycles. The molecule has 0 bridgehead atoms. The highest BCUT2D eigenvalue weighted by atomic mass is 16.6. The molecule has 6 heteroatoms. The molecule has 2 fully saturated rings. The molecule has 6 nitrogen and oxygen atoms in total. The third-order valence-corrected chi connectivity index (χ3v) is 6.92. The molecule has 26 heavy (non-hydrogen) atoms. The van der Waals surface area contributed by atoms with E-state index >= 15 is 0 Å². The summed E-state index contributed by atoms with van der Waals surface area (Å²) in [5.41, 5.74) is -2.30. The SMILES string of the molecule is CCOC(=O)[C@@]1(C)C(=O)CC[C@]2(C)[C@@H](CCO)[C@](C)(OC(C)=O)CC[C@@H]12. The number of hydrogen-bond donors (Lipinski definition) is 1. The lowest BCUT2D eigenvalue weighted by Crippen LogP contribution is -2.63. The molecule has 2 saturated carbocycles. The summed E-state index contributed by atoms with van der Waals surface area (Å²) in [5, 5.41) is 9.67. The van der Waals surface area contributed by atoms with Crippen LogP contribution in [0.15, 0.2) is 0 Å². The molecule has 0 radical (unpaired) electrons. The predicted octanol–water partition coefficient (Wildman–Crippen LogP) is 2.66. The van der Waals surface area contributed by atoms with Crippen LogP contribution in [0.1, 0.15) is 66.7 Å². The Labute approximate surface area is 155 Å². The van der Waals surface area contributed by atoms with Gasteiger partial charge < -0.3 is 14.6 Å². The van der Waals surface area contributed by atoms with Crippen LogP contribution in [-0.4, -0.2) is 41.6 Å². The Morgan fingerprint density at radius 2 is 1.88 bits per heavy atom. The molecule has 0 aromatic heterocycles. The molecule has 0 saturated heterocycles. The second kappa shape index (κ2) is 7.29. The molecule has 0 spiro atoms. The molecule has 0 unspecified atom stereocenters. The number of ether oxygens (including phenoxy) is 2. The normalized spacial score (nSPS) is 39.8. The van der Waals surface area contributed by atoms with Gasteiger partial charge in [0, 0.05) is 25.9 Å². The van der Waals surface area contributed by atoms with E-state index in [1.165, 1.54) is 6.92 Å². The molecule has 0 aromatic rings. The van der Waals surface area contributed by atoms with Gasteiger partial charge in [-0.15, -0.1) is 0 Å². The number of carbonyl (C=O) groups is 3. The van der Waals surface area contributed by atoms with Crippen molar-refractivity contribution in [2.75, 3.05) is 13.2 Å².